The van der Waals surface area contributed by atoms with Crippen LogP contribution in [0.3, 0.4) is 0 Å². The third-order valence-electron chi connectivity index (χ3n) is 5.75. The molecule has 0 fully saturated rings. The summed E-state index contributed by atoms with van der Waals surface area (Å²) in [6, 6.07) is 10.5. The summed E-state index contributed by atoms with van der Waals surface area (Å²) in [6.07, 6.45) is 0.465. The van der Waals surface area contributed by atoms with E-state index in [1.54, 1.807) is 24.3 Å². The molecule has 3 aromatic rings. The van der Waals surface area contributed by atoms with Crippen molar-refractivity contribution in [2.45, 2.75) is 13.0 Å². The number of nitro benzene ring substituents is 1. The molecule has 5 rings (SSSR count). The molecule has 0 unspecified atom stereocenters. The highest BCUT2D eigenvalue weighted by Gasteiger charge is 2.39. The average molecular weight is 467 g/mol. The lowest BCUT2D eigenvalue weighted by Gasteiger charge is -2.28. The van der Waals surface area contributed by atoms with Gasteiger partial charge in [-0.05, 0) is 30.3 Å². The molecular weight excluding hydrogens is 452 g/mol. The second kappa shape index (κ2) is 7.82. The topological polar surface area (TPSA) is 127 Å². The van der Waals surface area contributed by atoms with Crippen LogP contribution in [-0.4, -0.2) is 50.7 Å². The summed E-state index contributed by atoms with van der Waals surface area (Å²) in [5.41, 5.74) is 1.94. The predicted octanol–water partition coefficient (Wildman–Crippen LogP) is 3.08. The number of carbonyl (C=O) groups excluding carboxylic acids is 3. The molecule has 11 heteroatoms. The molecule has 2 aliphatic heterocycles. The molecule has 2 aliphatic rings. The van der Waals surface area contributed by atoms with Gasteiger partial charge in [0.15, 0.2) is 5.76 Å². The van der Waals surface area contributed by atoms with E-state index in [-0.39, 0.29) is 23.4 Å². The molecule has 33 heavy (non-hydrogen) atoms. The lowest BCUT2D eigenvalue weighted by molar-refractivity contribution is -0.384. The second-order valence-corrected chi connectivity index (χ2v) is 8.13. The predicted molar refractivity (Wildman–Crippen MR) is 115 cm³/mol. The fraction of sp³-hybridized carbons (Fsp3) is 0.182. The van der Waals surface area contributed by atoms with Gasteiger partial charge in [-0.1, -0.05) is 16.8 Å². The average Bonchev–Trinajstić information content (AvgIpc) is 3.34. The lowest BCUT2D eigenvalue weighted by atomic mass is 10.0. The molecule has 1 aromatic heterocycles. The summed E-state index contributed by atoms with van der Waals surface area (Å²) in [4.78, 5) is 51.1. The number of benzene rings is 2. The summed E-state index contributed by atoms with van der Waals surface area (Å²) >= 11 is 5.95. The summed E-state index contributed by atoms with van der Waals surface area (Å²) in [6.45, 7) is 0.106. The molecule has 3 heterocycles. The van der Waals surface area contributed by atoms with Crippen molar-refractivity contribution in [2.24, 2.45) is 0 Å². The van der Waals surface area contributed by atoms with Crippen LogP contribution in [-0.2, 0) is 17.8 Å². The van der Waals surface area contributed by atoms with Gasteiger partial charge in [-0.25, -0.2) is 0 Å². The van der Waals surface area contributed by atoms with E-state index >= 15 is 0 Å². The normalized spacial score (nSPS) is 14.9. The zero-order valence-corrected chi connectivity index (χ0v) is 17.7. The molecule has 0 aliphatic carbocycles. The number of nitro groups is 1. The number of non-ortho nitro benzene ring substituents is 1. The third kappa shape index (κ3) is 3.54. The number of rotatable bonds is 4. The van der Waals surface area contributed by atoms with E-state index in [1.807, 2.05) is 0 Å². The van der Waals surface area contributed by atoms with Gasteiger partial charge < -0.3 is 9.42 Å². The Morgan fingerprint density at radius 1 is 1.12 bits per heavy atom. The van der Waals surface area contributed by atoms with Crippen molar-refractivity contribution >= 4 is 35.0 Å². The smallest absolute Gasteiger partial charge is 0.270 e. The first kappa shape index (κ1) is 20.8. The maximum absolute atomic E-state index is 13.0. The van der Waals surface area contributed by atoms with Crippen molar-refractivity contribution in [3.63, 3.8) is 0 Å². The molecule has 0 atom stereocenters. The monoisotopic (exact) mass is 466 g/mol. The fourth-order valence-electron chi connectivity index (χ4n) is 4.02. The number of nitrogens with zero attached hydrogens (tertiary/aromatic N) is 4. The van der Waals surface area contributed by atoms with Crippen molar-refractivity contribution in [3.05, 3.63) is 80.0 Å². The summed E-state index contributed by atoms with van der Waals surface area (Å²) in [5.74, 6) is -1.26. The Hall–Kier alpha value is -4.05. The van der Waals surface area contributed by atoms with Crippen LogP contribution in [0.2, 0.25) is 5.02 Å². The third-order valence-corrected chi connectivity index (χ3v) is 6.01. The first-order valence-electron chi connectivity index (χ1n) is 9.99. The highest BCUT2D eigenvalue weighted by Crippen LogP contribution is 2.32. The Bertz CT molecular complexity index is 1330. The number of aromatic nitrogens is 1. The van der Waals surface area contributed by atoms with Gasteiger partial charge in [-0.2, -0.15) is 0 Å². The number of carbonyl (C=O) groups is 3. The minimum atomic E-state index is -0.725. The Morgan fingerprint density at radius 3 is 2.58 bits per heavy atom. The van der Waals surface area contributed by atoms with Crippen LogP contribution in [0.15, 0.2) is 47.0 Å². The van der Waals surface area contributed by atoms with Gasteiger partial charge >= 0.3 is 0 Å². The fourth-order valence-corrected chi connectivity index (χ4v) is 4.15. The number of halogens is 1. The number of imide groups is 1. The van der Waals surface area contributed by atoms with Crippen LogP contribution in [0.25, 0.3) is 11.3 Å². The quantitative estimate of drug-likeness (QED) is 0.328. The largest absolute Gasteiger partial charge is 0.356 e. The first-order chi connectivity index (χ1) is 15.8. The molecule has 3 amide bonds. The number of hydrogen-bond acceptors (Lipinski definition) is 7. The molecular formula is C22H15ClN4O6. The van der Waals surface area contributed by atoms with E-state index in [9.17, 15) is 24.5 Å². The van der Waals surface area contributed by atoms with Crippen LogP contribution >= 0.6 is 11.6 Å². The van der Waals surface area contributed by atoms with Crippen molar-refractivity contribution in [2.75, 3.05) is 13.1 Å². The van der Waals surface area contributed by atoms with Gasteiger partial charge in [0.1, 0.15) is 6.54 Å². The zero-order valence-electron chi connectivity index (χ0n) is 17.0. The lowest BCUT2D eigenvalue weighted by Crippen LogP contribution is -2.44. The SMILES string of the molecule is O=C(CN1C(=O)c2ccc([N+](=O)[O-])cc2C1=O)N1CCc2noc(-c3ccc(Cl)cc3)c2C1. The second-order valence-electron chi connectivity index (χ2n) is 7.69. The van der Waals surface area contributed by atoms with Gasteiger partial charge in [0.2, 0.25) is 5.91 Å². The molecule has 0 bridgehead atoms. The van der Waals surface area contributed by atoms with Crippen molar-refractivity contribution < 1.29 is 23.8 Å². The molecule has 0 spiro atoms. The van der Waals surface area contributed by atoms with Crippen LogP contribution in [0.1, 0.15) is 32.0 Å². The van der Waals surface area contributed by atoms with E-state index in [0.717, 1.165) is 33.9 Å². The maximum atomic E-state index is 13.0. The van der Waals surface area contributed by atoms with Crippen molar-refractivity contribution in [1.29, 1.82) is 0 Å². The molecule has 0 saturated carbocycles. The van der Waals surface area contributed by atoms with Gasteiger partial charge in [-0.3, -0.25) is 29.4 Å². The molecule has 166 valence electrons. The summed E-state index contributed by atoms with van der Waals surface area (Å²) < 4.78 is 5.51. The van der Waals surface area contributed by atoms with Crippen LogP contribution in [0.4, 0.5) is 5.69 Å². The van der Waals surface area contributed by atoms with E-state index in [1.165, 1.54) is 11.0 Å². The van der Waals surface area contributed by atoms with E-state index in [4.69, 9.17) is 16.1 Å². The van der Waals surface area contributed by atoms with Crippen molar-refractivity contribution in [1.82, 2.24) is 15.0 Å². The Balaban J connectivity index is 1.34. The van der Waals surface area contributed by atoms with Crippen LogP contribution < -0.4 is 0 Å². The maximum Gasteiger partial charge on any atom is 0.270 e. The van der Waals surface area contributed by atoms with Gasteiger partial charge in [-0.15, -0.1) is 0 Å². The van der Waals surface area contributed by atoms with Crippen molar-refractivity contribution in [3.8, 4) is 11.3 Å². The molecule has 0 saturated heterocycles. The minimum Gasteiger partial charge on any atom is -0.356 e. The number of fused-ring (bicyclic) bond motifs is 2. The molecule has 10 nitrogen and oxygen atoms in total. The van der Waals surface area contributed by atoms with Gasteiger partial charge in [0.25, 0.3) is 17.5 Å². The Labute approximate surface area is 191 Å². The van der Waals surface area contributed by atoms with Crippen LogP contribution in [0.5, 0.6) is 0 Å². The number of hydrogen-bond donors (Lipinski definition) is 0. The molecule has 0 N–H and O–H groups in total. The van der Waals surface area contributed by atoms with Crippen LogP contribution in [0, 0.1) is 10.1 Å². The number of amides is 3. The standard InChI is InChI=1S/C22H15ClN4O6/c23-13-3-1-12(2-4-13)20-17-10-25(8-7-18(17)24-33-20)19(28)11-26-21(29)15-6-5-14(27(31)32)9-16(15)22(26)30/h1-6,9H,7-8,10-11H2. The highest BCUT2D eigenvalue weighted by molar-refractivity contribution is 6.30. The van der Waals surface area contributed by atoms with Gasteiger partial charge in [0.05, 0.1) is 28.3 Å². The Kier molecular flexibility index (Phi) is 4.94. The highest BCUT2D eigenvalue weighted by atomic mass is 35.5. The summed E-state index contributed by atoms with van der Waals surface area (Å²) in [5, 5.41) is 15.7. The van der Waals surface area contributed by atoms with E-state index in [2.05, 4.69) is 5.16 Å². The Morgan fingerprint density at radius 2 is 1.85 bits per heavy atom. The minimum absolute atomic E-state index is 0.0448. The molecule has 0 radical (unpaired) electrons. The molecule has 2 aromatic carbocycles. The zero-order chi connectivity index (χ0) is 23.3. The van der Waals surface area contributed by atoms with E-state index in [0.29, 0.717) is 23.7 Å². The van der Waals surface area contributed by atoms with Gasteiger partial charge in [0, 0.05) is 41.2 Å². The van der Waals surface area contributed by atoms with E-state index < -0.39 is 29.2 Å². The first-order valence-corrected chi connectivity index (χ1v) is 10.4. The summed E-state index contributed by atoms with van der Waals surface area (Å²) in [7, 11) is 0.